The first kappa shape index (κ1) is 13.6. The van der Waals surface area contributed by atoms with E-state index in [1.165, 1.54) is 6.08 Å². The van der Waals surface area contributed by atoms with Crippen LogP contribution < -0.4 is 5.32 Å². The number of hydrogen-bond donors (Lipinski definition) is 1. The first-order valence-corrected chi connectivity index (χ1v) is 5.10. The van der Waals surface area contributed by atoms with Crippen LogP contribution in [0.3, 0.4) is 0 Å². The van der Waals surface area contributed by atoms with Crippen molar-refractivity contribution in [1.29, 1.82) is 0 Å². The number of hydrogen-bond acceptors (Lipinski definition) is 2. The predicted molar refractivity (Wildman–Crippen MR) is 61.4 cm³/mol. The summed E-state index contributed by atoms with van der Waals surface area (Å²) in [6, 6.07) is 0.0201. The Bertz CT molecular complexity index is 267. The van der Waals surface area contributed by atoms with Crippen molar-refractivity contribution in [2.45, 2.75) is 33.2 Å². The normalized spacial score (nSPS) is 12.8. The zero-order valence-electron chi connectivity index (χ0n) is 9.62. The van der Waals surface area contributed by atoms with Crippen LogP contribution in [0.2, 0.25) is 0 Å². The first-order chi connectivity index (χ1) is 6.97. The third kappa shape index (κ3) is 6.66. The lowest BCUT2D eigenvalue weighted by Gasteiger charge is -2.09. The molecule has 0 saturated carbocycles. The minimum atomic E-state index is -0.189. The van der Waals surface area contributed by atoms with Crippen molar-refractivity contribution < 1.29 is 9.59 Å². The fourth-order valence-electron chi connectivity index (χ4n) is 0.941. The summed E-state index contributed by atoms with van der Waals surface area (Å²) in [6.07, 6.45) is 5.25. The Morgan fingerprint density at radius 3 is 2.40 bits per heavy atom. The maximum absolute atomic E-state index is 11.2. The van der Waals surface area contributed by atoms with Crippen molar-refractivity contribution in [2.24, 2.45) is 5.92 Å². The lowest BCUT2D eigenvalue weighted by Crippen LogP contribution is -2.30. The highest BCUT2D eigenvalue weighted by molar-refractivity contribution is 5.91. The van der Waals surface area contributed by atoms with Gasteiger partial charge in [0, 0.05) is 12.0 Å². The van der Waals surface area contributed by atoms with Gasteiger partial charge >= 0.3 is 0 Å². The summed E-state index contributed by atoms with van der Waals surface area (Å²) >= 11 is 0. The highest BCUT2D eigenvalue weighted by atomic mass is 16.1. The number of nitrogens with one attached hydrogen (secondary N) is 1. The monoisotopic (exact) mass is 209 g/mol. The smallest absolute Gasteiger partial charge is 0.243 e. The number of carbonyl (C=O) groups is 2. The molecule has 0 saturated heterocycles. The molecule has 3 heteroatoms. The molecule has 0 bridgehead atoms. The molecule has 0 aromatic carbocycles. The van der Waals surface area contributed by atoms with Crippen LogP contribution in [0.5, 0.6) is 0 Å². The van der Waals surface area contributed by atoms with E-state index < -0.39 is 0 Å². The van der Waals surface area contributed by atoms with Crippen LogP contribution in [0, 0.1) is 5.92 Å². The standard InChI is InChI=1S/C12H19NO2/c1-5-12(15)13-10(4)7-6-8-11(14)9(2)3/h5-6,8-10H,1,7H2,2-4H3,(H,13,15)/b8-6+. The molecule has 0 spiro atoms. The van der Waals surface area contributed by atoms with Crippen LogP contribution in [0.1, 0.15) is 27.2 Å². The summed E-state index contributed by atoms with van der Waals surface area (Å²) in [5.41, 5.74) is 0. The molecule has 1 unspecified atom stereocenters. The molecular weight excluding hydrogens is 190 g/mol. The lowest BCUT2D eigenvalue weighted by molar-refractivity contribution is -0.117. The van der Waals surface area contributed by atoms with Gasteiger partial charge in [0.2, 0.25) is 5.91 Å². The molecule has 0 aromatic heterocycles. The van der Waals surface area contributed by atoms with Gasteiger partial charge in [0.15, 0.2) is 5.78 Å². The Morgan fingerprint density at radius 2 is 1.93 bits per heavy atom. The van der Waals surface area contributed by atoms with Gasteiger partial charge in [-0.1, -0.05) is 26.5 Å². The summed E-state index contributed by atoms with van der Waals surface area (Å²) in [7, 11) is 0. The van der Waals surface area contributed by atoms with E-state index in [0.29, 0.717) is 6.42 Å². The van der Waals surface area contributed by atoms with Crippen molar-refractivity contribution >= 4 is 11.7 Å². The molecule has 1 N–H and O–H groups in total. The van der Waals surface area contributed by atoms with Gasteiger partial charge in [0.05, 0.1) is 0 Å². The number of rotatable bonds is 6. The Kier molecular flexibility index (Phi) is 6.34. The molecule has 1 amide bonds. The minimum Gasteiger partial charge on any atom is -0.350 e. The summed E-state index contributed by atoms with van der Waals surface area (Å²) in [5, 5.41) is 2.71. The van der Waals surface area contributed by atoms with Crippen LogP contribution in [-0.4, -0.2) is 17.7 Å². The molecule has 0 aromatic rings. The van der Waals surface area contributed by atoms with Crippen LogP contribution in [0.15, 0.2) is 24.8 Å². The van der Waals surface area contributed by atoms with Gasteiger partial charge in [-0.15, -0.1) is 0 Å². The van der Waals surface area contributed by atoms with Gasteiger partial charge in [-0.25, -0.2) is 0 Å². The average molecular weight is 209 g/mol. The van der Waals surface area contributed by atoms with E-state index in [1.54, 1.807) is 12.2 Å². The van der Waals surface area contributed by atoms with Gasteiger partial charge in [0.1, 0.15) is 0 Å². The Hall–Kier alpha value is -1.38. The first-order valence-electron chi connectivity index (χ1n) is 5.10. The van der Waals surface area contributed by atoms with E-state index in [1.807, 2.05) is 20.8 Å². The van der Waals surface area contributed by atoms with Gasteiger partial charge in [-0.3, -0.25) is 9.59 Å². The predicted octanol–water partition coefficient (Wildman–Crippen LogP) is 1.85. The van der Waals surface area contributed by atoms with Gasteiger partial charge in [-0.2, -0.15) is 0 Å². The molecule has 0 aliphatic rings. The van der Waals surface area contributed by atoms with E-state index >= 15 is 0 Å². The highest BCUT2D eigenvalue weighted by Gasteiger charge is 2.03. The molecular formula is C12H19NO2. The zero-order valence-corrected chi connectivity index (χ0v) is 9.62. The SMILES string of the molecule is C=CC(=O)NC(C)C/C=C/C(=O)C(C)C. The minimum absolute atomic E-state index is 0.0201. The molecule has 84 valence electrons. The number of amides is 1. The third-order valence-corrected chi connectivity index (χ3v) is 1.91. The average Bonchev–Trinajstić information content (AvgIpc) is 2.17. The van der Waals surface area contributed by atoms with Crippen LogP contribution >= 0.6 is 0 Å². The highest BCUT2D eigenvalue weighted by Crippen LogP contribution is 1.98. The number of carbonyl (C=O) groups excluding carboxylic acids is 2. The molecule has 0 radical (unpaired) electrons. The van der Waals surface area contributed by atoms with E-state index in [2.05, 4.69) is 11.9 Å². The van der Waals surface area contributed by atoms with E-state index in [-0.39, 0.29) is 23.7 Å². The van der Waals surface area contributed by atoms with Crippen molar-refractivity contribution in [3.63, 3.8) is 0 Å². The lowest BCUT2D eigenvalue weighted by atomic mass is 10.1. The molecule has 0 heterocycles. The summed E-state index contributed by atoms with van der Waals surface area (Å²) in [6.45, 7) is 8.96. The Balaban J connectivity index is 3.89. The second-order valence-electron chi connectivity index (χ2n) is 3.81. The Labute approximate surface area is 91.2 Å². The quantitative estimate of drug-likeness (QED) is 0.678. The van der Waals surface area contributed by atoms with E-state index in [9.17, 15) is 9.59 Å². The number of ketones is 1. The van der Waals surface area contributed by atoms with Crippen molar-refractivity contribution in [2.75, 3.05) is 0 Å². The van der Waals surface area contributed by atoms with E-state index in [0.717, 1.165) is 0 Å². The molecule has 0 fully saturated rings. The van der Waals surface area contributed by atoms with Crippen LogP contribution in [0.25, 0.3) is 0 Å². The second kappa shape index (κ2) is 6.98. The van der Waals surface area contributed by atoms with E-state index in [4.69, 9.17) is 0 Å². The van der Waals surface area contributed by atoms with Crippen molar-refractivity contribution in [3.05, 3.63) is 24.8 Å². The molecule has 0 aliphatic carbocycles. The zero-order chi connectivity index (χ0) is 11.8. The summed E-state index contributed by atoms with van der Waals surface area (Å²) in [5.74, 6) is -0.0531. The van der Waals surface area contributed by atoms with Crippen LogP contribution in [-0.2, 0) is 9.59 Å². The third-order valence-electron chi connectivity index (χ3n) is 1.91. The van der Waals surface area contributed by atoms with Gasteiger partial charge in [-0.05, 0) is 25.5 Å². The molecule has 3 nitrogen and oxygen atoms in total. The molecule has 0 rings (SSSR count). The molecule has 1 atom stereocenters. The number of allylic oxidation sites excluding steroid dienone is 1. The largest absolute Gasteiger partial charge is 0.350 e. The fraction of sp³-hybridized carbons (Fsp3) is 0.500. The van der Waals surface area contributed by atoms with Crippen molar-refractivity contribution in [3.8, 4) is 0 Å². The summed E-state index contributed by atoms with van der Waals surface area (Å²) in [4.78, 5) is 22.1. The fourth-order valence-corrected chi connectivity index (χ4v) is 0.941. The maximum Gasteiger partial charge on any atom is 0.243 e. The van der Waals surface area contributed by atoms with Gasteiger partial charge < -0.3 is 5.32 Å². The Morgan fingerprint density at radius 1 is 1.33 bits per heavy atom. The second-order valence-corrected chi connectivity index (χ2v) is 3.81. The maximum atomic E-state index is 11.2. The van der Waals surface area contributed by atoms with Crippen molar-refractivity contribution in [1.82, 2.24) is 5.32 Å². The summed E-state index contributed by atoms with van der Waals surface area (Å²) < 4.78 is 0. The van der Waals surface area contributed by atoms with Gasteiger partial charge in [0.25, 0.3) is 0 Å². The van der Waals surface area contributed by atoms with Crippen LogP contribution in [0.4, 0.5) is 0 Å². The molecule has 0 aliphatic heterocycles. The topological polar surface area (TPSA) is 46.2 Å². The molecule has 15 heavy (non-hydrogen) atoms.